The van der Waals surface area contributed by atoms with Gasteiger partial charge in [0.1, 0.15) is 13.2 Å². The van der Waals surface area contributed by atoms with E-state index in [1.165, 1.54) is 22.5 Å². The second kappa shape index (κ2) is 9.04. The van der Waals surface area contributed by atoms with Crippen LogP contribution in [0.15, 0.2) is 41.3 Å². The second-order valence-corrected chi connectivity index (χ2v) is 9.60. The molecular formula is C21H23ClN2O6S. The molecule has 2 aliphatic heterocycles. The highest BCUT2D eigenvalue weighted by atomic mass is 35.5. The van der Waals surface area contributed by atoms with Crippen LogP contribution in [-0.2, 0) is 14.8 Å². The Morgan fingerprint density at radius 3 is 2.48 bits per heavy atom. The molecule has 0 radical (unpaired) electrons. The lowest BCUT2D eigenvalue weighted by Crippen LogP contribution is -2.40. The number of sulfonamides is 1. The van der Waals surface area contributed by atoms with Gasteiger partial charge in [-0.1, -0.05) is 17.7 Å². The number of halogens is 1. The van der Waals surface area contributed by atoms with E-state index in [1.807, 2.05) is 19.1 Å². The average Bonchev–Trinajstić information content (AvgIpc) is 2.79. The molecule has 31 heavy (non-hydrogen) atoms. The Balaban J connectivity index is 1.53. The Hall–Kier alpha value is -2.33. The molecule has 1 amide bonds. The van der Waals surface area contributed by atoms with Crippen LogP contribution in [-0.4, -0.2) is 58.1 Å². The van der Waals surface area contributed by atoms with E-state index in [2.05, 4.69) is 5.32 Å². The fourth-order valence-corrected chi connectivity index (χ4v) is 5.10. The fourth-order valence-electron chi connectivity index (χ4n) is 3.46. The van der Waals surface area contributed by atoms with Crippen LogP contribution < -0.4 is 14.8 Å². The zero-order valence-corrected chi connectivity index (χ0v) is 18.5. The molecule has 2 heterocycles. The Bertz CT molecular complexity index is 1090. The lowest BCUT2D eigenvalue weighted by molar-refractivity contribution is 0.0730. The van der Waals surface area contributed by atoms with Crippen LogP contribution in [0.5, 0.6) is 11.5 Å². The molecule has 4 rings (SSSR count). The number of hydrogen-bond donors (Lipinski definition) is 1. The minimum absolute atomic E-state index is 0.0240. The molecule has 8 nitrogen and oxygen atoms in total. The summed E-state index contributed by atoms with van der Waals surface area (Å²) in [4.78, 5) is 12.9. The lowest BCUT2D eigenvalue weighted by Gasteiger charge is -2.26. The maximum atomic E-state index is 12.9. The molecule has 0 spiro atoms. The standard InChI is InChI=1S/C21H23ClN2O6S/c1-14(15-2-5-19-20(12-15)30-11-10-29-19)23-21(25)17-13-16(3-4-18(17)22)31(26,27)24-6-8-28-9-7-24/h2-5,12-14H,6-11H2,1H3,(H,23,25)/t14-/m0/s1. The van der Waals surface area contributed by atoms with Crippen molar-refractivity contribution < 1.29 is 27.4 Å². The molecule has 0 bridgehead atoms. The number of nitrogens with zero attached hydrogens (tertiary/aromatic N) is 1. The number of hydrogen-bond acceptors (Lipinski definition) is 6. The molecule has 2 aliphatic rings. The van der Waals surface area contributed by atoms with Crippen LogP contribution in [0.4, 0.5) is 0 Å². The fraction of sp³-hybridized carbons (Fsp3) is 0.381. The van der Waals surface area contributed by atoms with Crippen molar-refractivity contribution in [2.24, 2.45) is 0 Å². The summed E-state index contributed by atoms with van der Waals surface area (Å²) >= 11 is 6.23. The molecule has 0 saturated carbocycles. The van der Waals surface area contributed by atoms with Crippen LogP contribution in [0.25, 0.3) is 0 Å². The van der Waals surface area contributed by atoms with Gasteiger partial charge >= 0.3 is 0 Å². The van der Waals surface area contributed by atoms with Crippen molar-refractivity contribution in [1.29, 1.82) is 0 Å². The van der Waals surface area contributed by atoms with Crippen molar-refractivity contribution in [3.05, 3.63) is 52.5 Å². The molecule has 166 valence electrons. The smallest absolute Gasteiger partial charge is 0.253 e. The van der Waals surface area contributed by atoms with Gasteiger partial charge in [-0.2, -0.15) is 4.31 Å². The SMILES string of the molecule is C[C@H](NC(=O)c1cc(S(=O)(=O)N2CCOCC2)ccc1Cl)c1ccc2c(c1)OCCO2. The van der Waals surface area contributed by atoms with Crippen molar-refractivity contribution in [1.82, 2.24) is 9.62 Å². The Morgan fingerprint density at radius 2 is 1.74 bits per heavy atom. The maximum Gasteiger partial charge on any atom is 0.253 e. The van der Waals surface area contributed by atoms with Crippen LogP contribution >= 0.6 is 11.6 Å². The molecule has 1 N–H and O–H groups in total. The first-order valence-electron chi connectivity index (χ1n) is 9.94. The third kappa shape index (κ3) is 4.64. The predicted octanol–water partition coefficient (Wildman–Crippen LogP) is 2.62. The first-order chi connectivity index (χ1) is 14.9. The molecule has 1 saturated heterocycles. The summed E-state index contributed by atoms with van der Waals surface area (Å²) in [5.41, 5.74) is 0.922. The molecule has 2 aromatic rings. The van der Waals surface area contributed by atoms with Gasteiger partial charge in [-0.3, -0.25) is 4.79 Å². The zero-order chi connectivity index (χ0) is 22.0. The van der Waals surface area contributed by atoms with Crippen molar-refractivity contribution in [3.8, 4) is 11.5 Å². The first-order valence-corrected chi connectivity index (χ1v) is 11.8. The van der Waals surface area contributed by atoms with Crippen LogP contribution in [0, 0.1) is 0 Å². The van der Waals surface area contributed by atoms with E-state index in [9.17, 15) is 13.2 Å². The van der Waals surface area contributed by atoms with Crippen molar-refractivity contribution in [3.63, 3.8) is 0 Å². The van der Waals surface area contributed by atoms with Gasteiger partial charge < -0.3 is 19.5 Å². The molecule has 0 aliphatic carbocycles. The number of morpholine rings is 1. The molecule has 0 unspecified atom stereocenters. The van der Waals surface area contributed by atoms with E-state index >= 15 is 0 Å². The lowest BCUT2D eigenvalue weighted by atomic mass is 10.1. The van der Waals surface area contributed by atoms with E-state index in [0.717, 1.165) is 5.56 Å². The van der Waals surface area contributed by atoms with Gasteiger partial charge in [-0.05, 0) is 42.8 Å². The van der Waals surface area contributed by atoms with E-state index in [0.29, 0.717) is 37.9 Å². The Kier molecular flexibility index (Phi) is 6.38. The Morgan fingerprint density at radius 1 is 1.03 bits per heavy atom. The van der Waals surface area contributed by atoms with Gasteiger partial charge in [0.05, 0.1) is 34.7 Å². The maximum absolute atomic E-state index is 12.9. The van der Waals surface area contributed by atoms with Crippen molar-refractivity contribution in [2.45, 2.75) is 17.9 Å². The number of rotatable bonds is 5. The van der Waals surface area contributed by atoms with Gasteiger partial charge in [0.25, 0.3) is 5.91 Å². The molecule has 2 aromatic carbocycles. The van der Waals surface area contributed by atoms with Crippen LogP contribution in [0.3, 0.4) is 0 Å². The third-order valence-corrected chi connectivity index (χ3v) is 7.43. The molecule has 1 fully saturated rings. The number of fused-ring (bicyclic) bond motifs is 1. The predicted molar refractivity (Wildman–Crippen MR) is 114 cm³/mol. The number of nitrogens with one attached hydrogen (secondary N) is 1. The van der Waals surface area contributed by atoms with Crippen LogP contribution in [0.1, 0.15) is 28.9 Å². The van der Waals surface area contributed by atoms with Gasteiger partial charge in [-0.25, -0.2) is 8.42 Å². The van der Waals surface area contributed by atoms with E-state index in [-0.39, 0.29) is 34.6 Å². The number of carbonyl (C=O) groups excluding carboxylic acids is 1. The summed E-state index contributed by atoms with van der Waals surface area (Å²) in [5.74, 6) is 0.825. The number of carbonyl (C=O) groups is 1. The molecule has 0 aromatic heterocycles. The number of ether oxygens (including phenoxy) is 3. The summed E-state index contributed by atoms with van der Waals surface area (Å²) in [6.45, 7) is 4.02. The summed E-state index contributed by atoms with van der Waals surface area (Å²) < 4.78 is 43.5. The van der Waals surface area contributed by atoms with Crippen molar-refractivity contribution >= 4 is 27.5 Å². The van der Waals surface area contributed by atoms with Crippen LogP contribution in [0.2, 0.25) is 5.02 Å². The van der Waals surface area contributed by atoms with Gasteiger partial charge in [-0.15, -0.1) is 0 Å². The molecular weight excluding hydrogens is 444 g/mol. The van der Waals surface area contributed by atoms with E-state index in [4.69, 9.17) is 25.8 Å². The third-order valence-electron chi connectivity index (χ3n) is 5.20. The van der Waals surface area contributed by atoms with Gasteiger partial charge in [0.15, 0.2) is 11.5 Å². The Labute approximate surface area is 186 Å². The summed E-state index contributed by atoms with van der Waals surface area (Å²) in [6.07, 6.45) is 0. The summed E-state index contributed by atoms with van der Waals surface area (Å²) in [6, 6.07) is 9.26. The average molecular weight is 467 g/mol. The minimum atomic E-state index is -3.74. The number of benzene rings is 2. The van der Waals surface area contributed by atoms with E-state index in [1.54, 1.807) is 6.07 Å². The normalized spacial score (nSPS) is 17.7. The summed E-state index contributed by atoms with van der Waals surface area (Å²) in [7, 11) is -3.74. The van der Waals surface area contributed by atoms with E-state index < -0.39 is 15.9 Å². The van der Waals surface area contributed by atoms with Gasteiger partial charge in [0, 0.05) is 13.1 Å². The topological polar surface area (TPSA) is 94.2 Å². The largest absolute Gasteiger partial charge is 0.486 e. The highest BCUT2D eigenvalue weighted by Gasteiger charge is 2.28. The summed E-state index contributed by atoms with van der Waals surface area (Å²) in [5, 5.41) is 3.04. The van der Waals surface area contributed by atoms with Gasteiger partial charge in [0.2, 0.25) is 10.0 Å². The number of amides is 1. The first kappa shape index (κ1) is 21.9. The quantitative estimate of drug-likeness (QED) is 0.728. The highest BCUT2D eigenvalue weighted by molar-refractivity contribution is 7.89. The highest BCUT2D eigenvalue weighted by Crippen LogP contribution is 2.33. The van der Waals surface area contributed by atoms with Crippen molar-refractivity contribution in [2.75, 3.05) is 39.5 Å². The molecule has 1 atom stereocenters. The monoisotopic (exact) mass is 466 g/mol. The zero-order valence-electron chi connectivity index (χ0n) is 17.0. The second-order valence-electron chi connectivity index (χ2n) is 7.26. The minimum Gasteiger partial charge on any atom is -0.486 e. The molecule has 10 heteroatoms.